The number of hydrogen-bond acceptors (Lipinski definition) is 5. The minimum atomic E-state index is -0.629. The van der Waals surface area contributed by atoms with Gasteiger partial charge in [-0.25, -0.2) is 10.5 Å². The molecule has 30 heavy (non-hydrogen) atoms. The number of benzene rings is 1. The van der Waals surface area contributed by atoms with Crippen LogP contribution in [0.5, 0.6) is 0 Å². The van der Waals surface area contributed by atoms with Gasteiger partial charge in [-0.05, 0) is 36.3 Å². The lowest BCUT2D eigenvalue weighted by Crippen LogP contribution is -2.48. The van der Waals surface area contributed by atoms with Crippen LogP contribution in [0, 0.1) is 0 Å². The molecule has 1 aliphatic rings. The Kier molecular flexibility index (Phi) is 7.88. The molecule has 7 nitrogen and oxygen atoms in total. The number of hydroxylamine groups is 1. The maximum Gasteiger partial charge on any atom is 0.267 e. The molecule has 0 bridgehead atoms. The van der Waals surface area contributed by atoms with Crippen LogP contribution in [0.4, 0.5) is 0 Å². The molecule has 0 radical (unpaired) electrons. The van der Waals surface area contributed by atoms with E-state index in [1.54, 1.807) is 24.3 Å². The standard InChI is InChI=1S/C23H26N4O3/c28-22(25-30)11-9-20-7-4-8-21(24-20)10-12-23(29)27-17-15-26(16-18-27)14-13-19-5-2-1-3-6-19/h1-12,30H,13-18H2,(H,25,28)/b11-9+,12-10+. The van der Waals surface area contributed by atoms with Crippen LogP contribution in [0.3, 0.4) is 0 Å². The van der Waals surface area contributed by atoms with Gasteiger partial charge >= 0.3 is 0 Å². The van der Waals surface area contributed by atoms with Gasteiger partial charge < -0.3 is 4.90 Å². The second-order valence-electron chi connectivity index (χ2n) is 7.03. The summed E-state index contributed by atoms with van der Waals surface area (Å²) >= 11 is 0. The summed E-state index contributed by atoms with van der Waals surface area (Å²) in [6.07, 6.45) is 6.90. The highest BCUT2D eigenvalue weighted by atomic mass is 16.5. The van der Waals surface area contributed by atoms with Gasteiger partial charge in [0.05, 0.1) is 11.4 Å². The van der Waals surface area contributed by atoms with Gasteiger partial charge in [0.25, 0.3) is 5.91 Å². The number of nitrogens with zero attached hydrogens (tertiary/aromatic N) is 3. The van der Waals surface area contributed by atoms with Crippen LogP contribution in [0.2, 0.25) is 0 Å². The van der Waals surface area contributed by atoms with E-state index in [-0.39, 0.29) is 5.91 Å². The molecule has 3 rings (SSSR count). The Morgan fingerprint density at radius 3 is 2.27 bits per heavy atom. The predicted molar refractivity (Wildman–Crippen MR) is 115 cm³/mol. The van der Waals surface area contributed by atoms with Crippen LogP contribution in [-0.2, 0) is 16.0 Å². The average Bonchev–Trinajstić information content (AvgIpc) is 2.81. The predicted octanol–water partition coefficient (Wildman–Crippen LogP) is 2.00. The Bertz CT molecular complexity index is 904. The van der Waals surface area contributed by atoms with E-state index in [1.165, 1.54) is 29.3 Å². The Labute approximate surface area is 176 Å². The highest BCUT2D eigenvalue weighted by Gasteiger charge is 2.19. The molecule has 0 unspecified atom stereocenters. The molecule has 7 heteroatoms. The first-order valence-electron chi connectivity index (χ1n) is 9.96. The number of hydrogen-bond donors (Lipinski definition) is 2. The fraction of sp³-hybridized carbons (Fsp3) is 0.261. The summed E-state index contributed by atoms with van der Waals surface area (Å²) in [6.45, 7) is 4.17. The van der Waals surface area contributed by atoms with Gasteiger partial charge in [-0.3, -0.25) is 19.7 Å². The van der Waals surface area contributed by atoms with Crippen molar-refractivity contribution in [1.29, 1.82) is 0 Å². The van der Waals surface area contributed by atoms with Crippen LogP contribution in [0.15, 0.2) is 60.7 Å². The maximum absolute atomic E-state index is 12.5. The second-order valence-corrected chi connectivity index (χ2v) is 7.03. The average molecular weight is 406 g/mol. The SMILES string of the molecule is O=C(/C=C/c1cccc(/C=C/C(=O)N2CCN(CCc3ccccc3)CC2)n1)NO. The van der Waals surface area contributed by atoms with E-state index < -0.39 is 5.91 Å². The third-order valence-electron chi connectivity index (χ3n) is 4.95. The summed E-state index contributed by atoms with van der Waals surface area (Å²) in [6, 6.07) is 15.7. The van der Waals surface area contributed by atoms with E-state index in [1.807, 2.05) is 11.0 Å². The fourth-order valence-electron chi connectivity index (χ4n) is 3.24. The Morgan fingerprint density at radius 1 is 0.933 bits per heavy atom. The summed E-state index contributed by atoms with van der Waals surface area (Å²) < 4.78 is 0. The van der Waals surface area contributed by atoms with E-state index in [0.717, 1.165) is 26.1 Å². The zero-order valence-electron chi connectivity index (χ0n) is 16.8. The largest absolute Gasteiger partial charge is 0.337 e. The molecule has 1 fully saturated rings. The highest BCUT2D eigenvalue weighted by molar-refractivity contribution is 5.92. The van der Waals surface area contributed by atoms with E-state index >= 15 is 0 Å². The molecular weight excluding hydrogens is 380 g/mol. The van der Waals surface area contributed by atoms with Crippen molar-refractivity contribution in [2.75, 3.05) is 32.7 Å². The van der Waals surface area contributed by atoms with Gasteiger partial charge in [0.15, 0.2) is 0 Å². The maximum atomic E-state index is 12.5. The van der Waals surface area contributed by atoms with Crippen LogP contribution in [0.25, 0.3) is 12.2 Å². The highest BCUT2D eigenvalue weighted by Crippen LogP contribution is 2.08. The number of amides is 2. The number of carbonyl (C=O) groups is 2. The van der Waals surface area contributed by atoms with Crippen molar-refractivity contribution in [1.82, 2.24) is 20.3 Å². The van der Waals surface area contributed by atoms with Crippen LogP contribution >= 0.6 is 0 Å². The van der Waals surface area contributed by atoms with Crippen molar-refractivity contribution in [3.63, 3.8) is 0 Å². The fourth-order valence-corrected chi connectivity index (χ4v) is 3.24. The lowest BCUT2D eigenvalue weighted by Gasteiger charge is -2.34. The molecule has 156 valence electrons. The normalized spacial score (nSPS) is 15.0. The smallest absolute Gasteiger partial charge is 0.267 e. The summed E-state index contributed by atoms with van der Waals surface area (Å²) in [5.41, 5.74) is 4.04. The van der Waals surface area contributed by atoms with Crippen LogP contribution in [-0.4, -0.2) is 64.5 Å². The van der Waals surface area contributed by atoms with E-state index in [9.17, 15) is 9.59 Å². The molecule has 0 saturated carbocycles. The monoisotopic (exact) mass is 406 g/mol. The summed E-state index contributed by atoms with van der Waals surface area (Å²) in [5.74, 6) is -0.657. The molecule has 1 aromatic carbocycles. The number of aromatic nitrogens is 1. The molecule has 0 atom stereocenters. The van der Waals surface area contributed by atoms with Gasteiger partial charge in [0.2, 0.25) is 5.91 Å². The quantitative estimate of drug-likeness (QED) is 0.417. The number of piperazine rings is 1. The minimum absolute atomic E-state index is 0.0277. The summed E-state index contributed by atoms with van der Waals surface area (Å²) in [7, 11) is 0. The molecule has 0 aliphatic carbocycles. The van der Waals surface area contributed by atoms with E-state index in [0.29, 0.717) is 24.5 Å². The topological polar surface area (TPSA) is 85.8 Å². The lowest BCUT2D eigenvalue weighted by atomic mass is 10.1. The zero-order chi connectivity index (χ0) is 21.2. The van der Waals surface area contributed by atoms with E-state index in [2.05, 4.69) is 34.1 Å². The van der Waals surface area contributed by atoms with Gasteiger partial charge in [-0.2, -0.15) is 0 Å². The van der Waals surface area contributed by atoms with Crippen molar-refractivity contribution >= 4 is 24.0 Å². The molecule has 2 aromatic rings. The number of carbonyl (C=O) groups excluding carboxylic acids is 2. The molecule has 2 amide bonds. The molecule has 2 heterocycles. The van der Waals surface area contributed by atoms with Gasteiger partial charge in [0.1, 0.15) is 0 Å². The number of rotatable bonds is 7. The zero-order valence-corrected chi connectivity index (χ0v) is 16.8. The molecule has 1 aliphatic heterocycles. The van der Waals surface area contributed by atoms with Crippen molar-refractivity contribution in [3.05, 3.63) is 77.6 Å². The van der Waals surface area contributed by atoms with Crippen molar-refractivity contribution < 1.29 is 14.8 Å². The third kappa shape index (κ3) is 6.65. The number of nitrogens with one attached hydrogen (secondary N) is 1. The lowest BCUT2D eigenvalue weighted by molar-refractivity contribution is -0.127. The molecule has 1 saturated heterocycles. The number of pyridine rings is 1. The van der Waals surface area contributed by atoms with Crippen LogP contribution in [0.1, 0.15) is 17.0 Å². The molecule has 2 N–H and O–H groups in total. The Hall–Kier alpha value is -3.29. The third-order valence-corrected chi connectivity index (χ3v) is 4.95. The second kappa shape index (κ2) is 11.0. The van der Waals surface area contributed by atoms with Gasteiger partial charge in [-0.15, -0.1) is 0 Å². The van der Waals surface area contributed by atoms with Crippen molar-refractivity contribution in [2.24, 2.45) is 0 Å². The van der Waals surface area contributed by atoms with Gasteiger partial charge in [-0.1, -0.05) is 36.4 Å². The molecule has 1 aromatic heterocycles. The summed E-state index contributed by atoms with van der Waals surface area (Å²) in [4.78, 5) is 32.1. The minimum Gasteiger partial charge on any atom is -0.337 e. The van der Waals surface area contributed by atoms with E-state index in [4.69, 9.17) is 5.21 Å². The van der Waals surface area contributed by atoms with Crippen molar-refractivity contribution in [2.45, 2.75) is 6.42 Å². The Balaban J connectivity index is 1.47. The molecular formula is C23H26N4O3. The first kappa shape index (κ1) is 21.4. The van der Waals surface area contributed by atoms with Crippen LogP contribution < -0.4 is 5.48 Å². The first-order chi connectivity index (χ1) is 14.6. The Morgan fingerprint density at radius 2 is 1.60 bits per heavy atom. The first-order valence-corrected chi connectivity index (χ1v) is 9.96. The summed E-state index contributed by atoms with van der Waals surface area (Å²) in [5, 5.41) is 8.51. The van der Waals surface area contributed by atoms with Crippen molar-refractivity contribution in [3.8, 4) is 0 Å². The van der Waals surface area contributed by atoms with Gasteiger partial charge in [0, 0.05) is 44.9 Å². The molecule has 0 spiro atoms.